The quantitative estimate of drug-likeness (QED) is 0.924. The topological polar surface area (TPSA) is 75.0 Å². The van der Waals surface area contributed by atoms with Crippen molar-refractivity contribution in [3.8, 4) is 0 Å². The Balaban J connectivity index is 1.66. The van der Waals surface area contributed by atoms with E-state index in [4.69, 9.17) is 4.52 Å². The summed E-state index contributed by atoms with van der Waals surface area (Å²) in [6, 6.07) is 0.0645. The van der Waals surface area contributed by atoms with Crippen LogP contribution in [0.15, 0.2) is 10.7 Å². The highest BCUT2D eigenvalue weighted by Gasteiger charge is 2.34. The Morgan fingerprint density at radius 2 is 2.17 bits per heavy atom. The first-order valence-electron chi connectivity index (χ1n) is 8.54. The average Bonchev–Trinajstić information content (AvgIpc) is 3.20. The molecule has 1 aliphatic carbocycles. The van der Waals surface area contributed by atoms with E-state index in [1.165, 1.54) is 0 Å². The maximum Gasteiger partial charge on any atom is 0.276 e. The van der Waals surface area contributed by atoms with Crippen LogP contribution in [0.3, 0.4) is 0 Å². The Kier molecular flexibility index (Phi) is 3.67. The average molecular weight is 314 g/mol. The van der Waals surface area contributed by atoms with Gasteiger partial charge < -0.3 is 9.42 Å². The molecule has 2 aromatic heterocycles. The molecule has 4 rings (SSSR count). The number of aromatic amines is 1. The van der Waals surface area contributed by atoms with Gasteiger partial charge in [0.2, 0.25) is 0 Å². The molecule has 2 aliphatic rings. The first-order chi connectivity index (χ1) is 11.3. The van der Waals surface area contributed by atoms with Crippen molar-refractivity contribution >= 4 is 5.91 Å². The number of carbonyl (C=O) groups is 1. The number of nitrogens with zero attached hydrogens (tertiary/aromatic N) is 3. The molecule has 0 spiro atoms. The fraction of sp³-hybridized carbons (Fsp3) is 0.588. The number of rotatable bonds is 2. The Morgan fingerprint density at radius 1 is 1.30 bits per heavy atom. The van der Waals surface area contributed by atoms with Gasteiger partial charge in [0.25, 0.3) is 5.91 Å². The zero-order valence-corrected chi connectivity index (χ0v) is 13.5. The van der Waals surface area contributed by atoms with Crippen LogP contribution in [0.4, 0.5) is 0 Å². The molecule has 1 N–H and O–H groups in total. The van der Waals surface area contributed by atoms with Gasteiger partial charge in [0.05, 0.1) is 17.9 Å². The standard InChI is InChI=1S/C17H22N4O2/c1-11-10-18-19-15(11)13-7-4-5-9-21(13)17(22)16-12-6-2-3-8-14(12)23-20-16/h10,13H,2-9H2,1H3,(H,18,19)/t13-/m1/s1. The lowest BCUT2D eigenvalue weighted by atomic mass is 9.94. The number of amides is 1. The summed E-state index contributed by atoms with van der Waals surface area (Å²) in [5, 5.41) is 11.3. The van der Waals surface area contributed by atoms with Crippen LogP contribution in [0.1, 0.15) is 71.2 Å². The number of hydrogen-bond acceptors (Lipinski definition) is 4. The number of aromatic nitrogens is 3. The van der Waals surface area contributed by atoms with Crippen molar-refractivity contribution in [2.45, 2.75) is 57.9 Å². The second kappa shape index (κ2) is 5.83. The van der Waals surface area contributed by atoms with E-state index in [9.17, 15) is 4.79 Å². The van der Waals surface area contributed by atoms with E-state index in [0.29, 0.717) is 5.69 Å². The van der Waals surface area contributed by atoms with Gasteiger partial charge in [-0.25, -0.2) is 0 Å². The summed E-state index contributed by atoms with van der Waals surface area (Å²) in [7, 11) is 0. The molecule has 0 saturated carbocycles. The number of likely N-dealkylation sites (tertiary alicyclic amines) is 1. The monoisotopic (exact) mass is 314 g/mol. The first kappa shape index (κ1) is 14.5. The lowest BCUT2D eigenvalue weighted by molar-refractivity contribution is 0.0593. The fourth-order valence-electron chi connectivity index (χ4n) is 3.86. The van der Waals surface area contributed by atoms with E-state index in [1.807, 2.05) is 18.0 Å². The molecule has 122 valence electrons. The molecule has 0 aromatic carbocycles. The van der Waals surface area contributed by atoms with Crippen molar-refractivity contribution in [1.29, 1.82) is 0 Å². The summed E-state index contributed by atoms with van der Waals surface area (Å²) < 4.78 is 5.43. The van der Waals surface area contributed by atoms with Gasteiger partial charge in [-0.2, -0.15) is 5.10 Å². The van der Waals surface area contributed by atoms with Crippen molar-refractivity contribution < 1.29 is 9.32 Å². The van der Waals surface area contributed by atoms with Gasteiger partial charge in [-0.15, -0.1) is 0 Å². The Morgan fingerprint density at radius 3 is 3.00 bits per heavy atom. The third-order valence-electron chi connectivity index (χ3n) is 5.12. The molecular weight excluding hydrogens is 292 g/mol. The Labute approximate surface area is 135 Å². The molecule has 1 atom stereocenters. The molecule has 1 saturated heterocycles. The predicted octanol–water partition coefficient (Wildman–Crippen LogP) is 2.95. The molecule has 3 heterocycles. The summed E-state index contributed by atoms with van der Waals surface area (Å²) in [6.07, 6.45) is 8.99. The van der Waals surface area contributed by atoms with Gasteiger partial charge >= 0.3 is 0 Å². The number of piperidine rings is 1. The molecule has 23 heavy (non-hydrogen) atoms. The smallest absolute Gasteiger partial charge is 0.276 e. The SMILES string of the molecule is Cc1cn[nH]c1[C@H]1CCCCN1C(=O)c1noc2c1CCCC2. The number of aryl methyl sites for hydroxylation is 2. The van der Waals surface area contributed by atoms with Gasteiger partial charge in [0, 0.05) is 18.5 Å². The van der Waals surface area contributed by atoms with Gasteiger partial charge in [-0.1, -0.05) is 5.16 Å². The number of fused-ring (bicyclic) bond motifs is 1. The summed E-state index contributed by atoms with van der Waals surface area (Å²) in [5.41, 5.74) is 3.72. The molecule has 6 nitrogen and oxygen atoms in total. The van der Waals surface area contributed by atoms with Crippen LogP contribution in [-0.4, -0.2) is 32.7 Å². The lowest BCUT2D eigenvalue weighted by Crippen LogP contribution is -2.39. The molecule has 1 amide bonds. The van der Waals surface area contributed by atoms with Gasteiger partial charge in [0.15, 0.2) is 5.69 Å². The third-order valence-corrected chi connectivity index (χ3v) is 5.12. The van der Waals surface area contributed by atoms with Crippen molar-refractivity contribution in [3.05, 3.63) is 34.5 Å². The number of hydrogen-bond donors (Lipinski definition) is 1. The Bertz CT molecular complexity index is 718. The van der Waals surface area contributed by atoms with Crippen molar-refractivity contribution in [1.82, 2.24) is 20.3 Å². The van der Waals surface area contributed by atoms with Crippen LogP contribution in [0, 0.1) is 6.92 Å². The minimum absolute atomic E-state index is 0.00981. The highest BCUT2D eigenvalue weighted by Crippen LogP contribution is 2.34. The molecule has 2 aromatic rings. The van der Waals surface area contributed by atoms with Gasteiger partial charge in [-0.05, 0) is 51.0 Å². The third kappa shape index (κ3) is 2.46. The number of carbonyl (C=O) groups excluding carboxylic acids is 1. The van der Waals surface area contributed by atoms with E-state index in [2.05, 4.69) is 15.4 Å². The molecular formula is C17H22N4O2. The molecule has 0 unspecified atom stereocenters. The minimum Gasteiger partial charge on any atom is -0.360 e. The van der Waals surface area contributed by atoms with Crippen LogP contribution >= 0.6 is 0 Å². The molecule has 1 fully saturated rings. The second-order valence-corrected chi connectivity index (χ2v) is 6.62. The zero-order chi connectivity index (χ0) is 15.8. The number of nitrogens with one attached hydrogen (secondary N) is 1. The zero-order valence-electron chi connectivity index (χ0n) is 13.5. The molecule has 6 heteroatoms. The summed E-state index contributed by atoms with van der Waals surface area (Å²) >= 11 is 0. The van der Waals surface area contributed by atoms with Gasteiger partial charge in [-0.3, -0.25) is 9.89 Å². The van der Waals surface area contributed by atoms with Crippen LogP contribution in [0.5, 0.6) is 0 Å². The molecule has 0 radical (unpaired) electrons. The van der Waals surface area contributed by atoms with E-state index in [0.717, 1.165) is 74.1 Å². The fourth-order valence-corrected chi connectivity index (χ4v) is 3.86. The van der Waals surface area contributed by atoms with E-state index >= 15 is 0 Å². The Hall–Kier alpha value is -2.11. The molecule has 1 aliphatic heterocycles. The lowest BCUT2D eigenvalue weighted by Gasteiger charge is -2.35. The van der Waals surface area contributed by atoms with Gasteiger partial charge in [0.1, 0.15) is 5.76 Å². The van der Waals surface area contributed by atoms with Crippen LogP contribution in [0.2, 0.25) is 0 Å². The van der Waals surface area contributed by atoms with Crippen LogP contribution in [-0.2, 0) is 12.8 Å². The van der Waals surface area contributed by atoms with Crippen LogP contribution < -0.4 is 0 Å². The van der Waals surface area contributed by atoms with E-state index in [-0.39, 0.29) is 11.9 Å². The summed E-state index contributed by atoms with van der Waals surface area (Å²) in [6.45, 7) is 2.80. The summed E-state index contributed by atoms with van der Waals surface area (Å²) in [4.78, 5) is 15.1. The van der Waals surface area contributed by atoms with Crippen molar-refractivity contribution in [2.75, 3.05) is 6.54 Å². The van der Waals surface area contributed by atoms with Crippen molar-refractivity contribution in [3.63, 3.8) is 0 Å². The predicted molar refractivity (Wildman–Crippen MR) is 84.1 cm³/mol. The summed E-state index contributed by atoms with van der Waals surface area (Å²) in [5.74, 6) is 0.918. The second-order valence-electron chi connectivity index (χ2n) is 6.62. The number of H-pyrrole nitrogens is 1. The highest BCUT2D eigenvalue weighted by atomic mass is 16.5. The molecule has 0 bridgehead atoms. The van der Waals surface area contributed by atoms with E-state index in [1.54, 1.807) is 0 Å². The first-order valence-corrected chi connectivity index (χ1v) is 8.54. The largest absolute Gasteiger partial charge is 0.360 e. The normalized spacial score (nSPS) is 21.3. The highest BCUT2D eigenvalue weighted by molar-refractivity contribution is 5.94. The maximum absolute atomic E-state index is 13.1. The van der Waals surface area contributed by atoms with Crippen LogP contribution in [0.25, 0.3) is 0 Å². The van der Waals surface area contributed by atoms with Crippen molar-refractivity contribution in [2.24, 2.45) is 0 Å². The maximum atomic E-state index is 13.1. The minimum atomic E-state index is 0.00981. The van der Waals surface area contributed by atoms with E-state index < -0.39 is 0 Å².